The number of carbonyl (C=O) groups is 1. The Hall–Kier alpha value is -1.90. The van der Waals surface area contributed by atoms with Crippen LogP contribution >= 0.6 is 0 Å². The number of piperidine rings is 1. The zero-order valence-corrected chi connectivity index (χ0v) is 18.9. The van der Waals surface area contributed by atoms with Crippen LogP contribution < -0.4 is 21.3 Å². The first-order valence-electron chi connectivity index (χ1n) is 11.5. The van der Waals surface area contributed by atoms with Gasteiger partial charge in [0.2, 0.25) is 5.91 Å². The molecule has 4 N–H and O–H groups in total. The topological polar surface area (TPSA) is 82.9 Å². The standard InChI is InChI=1S/C23H38FN5O2/c1-17(31-2)21(4-6-23(25)30)27-19-3-5-22(20(24)15-19)29-13-11-28(12-14-29)16-18-7-9-26-10-8-18/h3,5,15,17-18,21,26-27H,4,6-14,16H2,1-2H3,(H2,25,30). The average molecular weight is 436 g/mol. The van der Waals surface area contributed by atoms with Crippen LogP contribution in [-0.2, 0) is 9.53 Å². The van der Waals surface area contributed by atoms with Gasteiger partial charge in [-0.2, -0.15) is 0 Å². The Bertz CT molecular complexity index is 705. The second-order valence-electron chi connectivity index (χ2n) is 8.84. The van der Waals surface area contributed by atoms with Crippen LogP contribution in [-0.4, -0.2) is 75.9 Å². The van der Waals surface area contributed by atoms with Crippen molar-refractivity contribution in [1.82, 2.24) is 10.2 Å². The Kier molecular flexibility index (Phi) is 8.92. The molecule has 1 amide bonds. The lowest BCUT2D eigenvalue weighted by atomic mass is 9.97. The van der Waals surface area contributed by atoms with Crippen LogP contribution in [0.5, 0.6) is 0 Å². The molecule has 0 aromatic heterocycles. The van der Waals surface area contributed by atoms with E-state index in [1.807, 2.05) is 19.1 Å². The number of nitrogens with zero attached hydrogens (tertiary/aromatic N) is 2. The van der Waals surface area contributed by atoms with Crippen molar-refractivity contribution in [2.24, 2.45) is 11.7 Å². The summed E-state index contributed by atoms with van der Waals surface area (Å²) < 4.78 is 20.4. The quantitative estimate of drug-likeness (QED) is 0.522. The van der Waals surface area contributed by atoms with E-state index in [4.69, 9.17) is 10.5 Å². The fourth-order valence-electron chi connectivity index (χ4n) is 4.55. The lowest BCUT2D eigenvalue weighted by Crippen LogP contribution is -2.48. The van der Waals surface area contributed by atoms with Crippen LogP contribution in [0.4, 0.5) is 15.8 Å². The molecule has 0 radical (unpaired) electrons. The molecule has 0 saturated carbocycles. The molecular formula is C23H38FN5O2. The molecule has 2 heterocycles. The SMILES string of the molecule is COC(C)C(CCC(N)=O)Nc1ccc(N2CCN(CC3CCNCC3)CC2)c(F)c1. The monoisotopic (exact) mass is 435 g/mol. The Morgan fingerprint density at radius 1 is 1.29 bits per heavy atom. The number of amides is 1. The molecule has 0 aliphatic carbocycles. The number of benzene rings is 1. The molecule has 0 bridgehead atoms. The van der Waals surface area contributed by atoms with Gasteiger partial charge in [-0.15, -0.1) is 0 Å². The van der Waals surface area contributed by atoms with Gasteiger partial charge in [-0.1, -0.05) is 0 Å². The Balaban J connectivity index is 1.54. The number of rotatable bonds is 10. The van der Waals surface area contributed by atoms with E-state index in [1.54, 1.807) is 7.11 Å². The van der Waals surface area contributed by atoms with E-state index in [-0.39, 0.29) is 30.3 Å². The van der Waals surface area contributed by atoms with Crippen molar-refractivity contribution in [3.63, 3.8) is 0 Å². The number of nitrogens with two attached hydrogens (primary N) is 1. The predicted octanol–water partition coefficient (Wildman–Crippen LogP) is 2.03. The largest absolute Gasteiger partial charge is 0.380 e. The number of primary amides is 1. The number of ether oxygens (including phenoxy) is 1. The smallest absolute Gasteiger partial charge is 0.217 e. The molecule has 2 fully saturated rings. The summed E-state index contributed by atoms with van der Waals surface area (Å²) in [5.74, 6) is 0.207. The van der Waals surface area contributed by atoms with E-state index in [2.05, 4.69) is 20.4 Å². The summed E-state index contributed by atoms with van der Waals surface area (Å²) in [5, 5.41) is 6.73. The molecule has 7 nitrogen and oxygen atoms in total. The van der Waals surface area contributed by atoms with Crippen LogP contribution in [0.25, 0.3) is 0 Å². The highest BCUT2D eigenvalue weighted by molar-refractivity contribution is 5.73. The molecule has 2 aliphatic heterocycles. The van der Waals surface area contributed by atoms with Crippen molar-refractivity contribution in [2.75, 3.05) is 63.1 Å². The minimum absolute atomic E-state index is 0.124. The summed E-state index contributed by atoms with van der Waals surface area (Å²) in [7, 11) is 1.62. The summed E-state index contributed by atoms with van der Waals surface area (Å²) in [6, 6.07) is 5.17. The highest BCUT2D eigenvalue weighted by Gasteiger charge is 2.23. The van der Waals surface area contributed by atoms with E-state index >= 15 is 0 Å². The fraction of sp³-hybridized carbons (Fsp3) is 0.696. The number of anilines is 2. The van der Waals surface area contributed by atoms with Crippen LogP contribution in [0.2, 0.25) is 0 Å². The molecule has 2 aliphatic rings. The number of methoxy groups -OCH3 is 1. The molecular weight excluding hydrogens is 397 g/mol. The highest BCUT2D eigenvalue weighted by atomic mass is 19.1. The van der Waals surface area contributed by atoms with E-state index in [0.717, 1.165) is 51.7 Å². The third-order valence-corrected chi connectivity index (χ3v) is 6.63. The molecule has 174 valence electrons. The van der Waals surface area contributed by atoms with E-state index in [9.17, 15) is 9.18 Å². The third kappa shape index (κ3) is 7.05. The Morgan fingerprint density at radius 3 is 2.61 bits per heavy atom. The molecule has 31 heavy (non-hydrogen) atoms. The van der Waals surface area contributed by atoms with Gasteiger partial charge in [0, 0.05) is 51.9 Å². The highest BCUT2D eigenvalue weighted by Crippen LogP contribution is 2.26. The number of piperazine rings is 1. The van der Waals surface area contributed by atoms with Crippen molar-refractivity contribution in [1.29, 1.82) is 0 Å². The molecule has 3 rings (SSSR count). The number of halogens is 1. The van der Waals surface area contributed by atoms with Crippen LogP contribution in [0.3, 0.4) is 0 Å². The maximum Gasteiger partial charge on any atom is 0.217 e. The van der Waals surface area contributed by atoms with Gasteiger partial charge < -0.3 is 26.0 Å². The van der Waals surface area contributed by atoms with Gasteiger partial charge in [-0.25, -0.2) is 4.39 Å². The summed E-state index contributed by atoms with van der Waals surface area (Å²) in [6.07, 6.45) is 3.17. The normalized spacial score (nSPS) is 20.4. The van der Waals surface area contributed by atoms with Gasteiger partial charge >= 0.3 is 0 Å². The zero-order valence-electron chi connectivity index (χ0n) is 18.9. The number of hydrogen-bond donors (Lipinski definition) is 3. The maximum absolute atomic E-state index is 14.9. The molecule has 2 saturated heterocycles. The zero-order chi connectivity index (χ0) is 22.2. The lowest BCUT2D eigenvalue weighted by Gasteiger charge is -2.38. The predicted molar refractivity (Wildman–Crippen MR) is 123 cm³/mol. The van der Waals surface area contributed by atoms with Gasteiger partial charge in [0.15, 0.2) is 0 Å². The van der Waals surface area contributed by atoms with Crippen LogP contribution in [0.1, 0.15) is 32.6 Å². The summed E-state index contributed by atoms with van der Waals surface area (Å²) in [6.45, 7) is 8.98. The first-order valence-corrected chi connectivity index (χ1v) is 11.5. The second kappa shape index (κ2) is 11.6. The molecule has 1 aromatic carbocycles. The molecule has 1 aromatic rings. The van der Waals surface area contributed by atoms with Gasteiger partial charge in [0.05, 0.1) is 17.8 Å². The third-order valence-electron chi connectivity index (χ3n) is 6.63. The minimum Gasteiger partial charge on any atom is -0.380 e. The van der Waals surface area contributed by atoms with Crippen molar-refractivity contribution in [2.45, 2.75) is 44.8 Å². The lowest BCUT2D eigenvalue weighted by molar-refractivity contribution is -0.118. The van der Waals surface area contributed by atoms with Crippen molar-refractivity contribution in [3.8, 4) is 0 Å². The second-order valence-corrected chi connectivity index (χ2v) is 8.84. The maximum atomic E-state index is 14.9. The average Bonchev–Trinajstić information content (AvgIpc) is 2.77. The van der Waals surface area contributed by atoms with Crippen molar-refractivity contribution >= 4 is 17.3 Å². The van der Waals surface area contributed by atoms with Gasteiger partial charge in [-0.05, 0) is 63.4 Å². The minimum atomic E-state index is -0.351. The van der Waals surface area contributed by atoms with Crippen LogP contribution in [0.15, 0.2) is 18.2 Å². The number of carbonyl (C=O) groups excluding carboxylic acids is 1. The van der Waals surface area contributed by atoms with Gasteiger partial charge in [0.1, 0.15) is 5.82 Å². The first kappa shape index (κ1) is 23.8. The number of hydrogen-bond acceptors (Lipinski definition) is 6. The van der Waals surface area contributed by atoms with Crippen molar-refractivity contribution in [3.05, 3.63) is 24.0 Å². The van der Waals surface area contributed by atoms with E-state index in [1.165, 1.54) is 18.9 Å². The molecule has 8 heteroatoms. The van der Waals surface area contributed by atoms with Gasteiger partial charge in [-0.3, -0.25) is 9.69 Å². The molecule has 2 unspecified atom stereocenters. The molecule has 2 atom stereocenters. The summed E-state index contributed by atoms with van der Waals surface area (Å²) >= 11 is 0. The molecule has 0 spiro atoms. The number of nitrogens with one attached hydrogen (secondary N) is 2. The summed E-state index contributed by atoms with van der Waals surface area (Å²) in [5.41, 5.74) is 6.62. The Labute approximate surface area is 185 Å². The van der Waals surface area contributed by atoms with Crippen LogP contribution in [0, 0.1) is 11.7 Å². The van der Waals surface area contributed by atoms with E-state index < -0.39 is 0 Å². The first-order chi connectivity index (χ1) is 15.0. The summed E-state index contributed by atoms with van der Waals surface area (Å²) in [4.78, 5) is 15.8. The van der Waals surface area contributed by atoms with Gasteiger partial charge in [0.25, 0.3) is 0 Å². The van der Waals surface area contributed by atoms with Crippen molar-refractivity contribution < 1.29 is 13.9 Å². The fourth-order valence-corrected chi connectivity index (χ4v) is 4.55. The Morgan fingerprint density at radius 2 is 2.00 bits per heavy atom. The van der Waals surface area contributed by atoms with E-state index in [0.29, 0.717) is 17.8 Å².